The molecule has 2 amide bonds. The number of phenols is 1. The Labute approximate surface area is 142 Å². The summed E-state index contributed by atoms with van der Waals surface area (Å²) in [6.45, 7) is 0.208. The summed E-state index contributed by atoms with van der Waals surface area (Å²) in [5.41, 5.74) is 1.50. The van der Waals surface area contributed by atoms with Crippen LogP contribution in [-0.4, -0.2) is 21.2 Å². The van der Waals surface area contributed by atoms with Gasteiger partial charge in [-0.15, -0.1) is 0 Å². The molecule has 4 nitrogen and oxygen atoms in total. The molecule has 1 heterocycles. The van der Waals surface area contributed by atoms with E-state index >= 15 is 0 Å². The predicted octanol–water partition coefficient (Wildman–Crippen LogP) is 4.28. The van der Waals surface area contributed by atoms with E-state index in [1.807, 2.05) is 0 Å². The van der Waals surface area contributed by atoms with Crippen molar-refractivity contribution in [2.24, 2.45) is 0 Å². The van der Waals surface area contributed by atoms with Gasteiger partial charge in [0, 0.05) is 5.02 Å². The highest BCUT2D eigenvalue weighted by molar-refractivity contribution is 8.18. The molecule has 0 atom stereocenters. The maximum Gasteiger partial charge on any atom is 0.293 e. The minimum Gasteiger partial charge on any atom is -0.508 e. The minimum atomic E-state index is -0.335. The highest BCUT2D eigenvalue weighted by atomic mass is 35.5. The minimum absolute atomic E-state index is 0.110. The molecule has 0 saturated carbocycles. The molecular formula is C17H12ClNO3S. The first kappa shape index (κ1) is 15.6. The lowest BCUT2D eigenvalue weighted by Crippen LogP contribution is -2.27. The topological polar surface area (TPSA) is 57.6 Å². The highest BCUT2D eigenvalue weighted by Crippen LogP contribution is 2.33. The quantitative estimate of drug-likeness (QED) is 0.843. The van der Waals surface area contributed by atoms with Crippen LogP contribution in [0.15, 0.2) is 53.4 Å². The van der Waals surface area contributed by atoms with Crippen LogP contribution in [0.2, 0.25) is 5.02 Å². The van der Waals surface area contributed by atoms with Crippen molar-refractivity contribution >= 4 is 40.6 Å². The van der Waals surface area contributed by atoms with Gasteiger partial charge in [-0.05, 0) is 53.2 Å². The van der Waals surface area contributed by atoms with E-state index in [0.717, 1.165) is 17.3 Å². The molecule has 0 aromatic heterocycles. The zero-order valence-corrected chi connectivity index (χ0v) is 13.5. The Morgan fingerprint density at radius 2 is 1.87 bits per heavy atom. The number of amides is 2. The lowest BCUT2D eigenvalue weighted by atomic mass is 10.2. The fourth-order valence-electron chi connectivity index (χ4n) is 2.17. The average molecular weight is 346 g/mol. The van der Waals surface area contributed by atoms with Crippen LogP contribution in [0.25, 0.3) is 6.08 Å². The first-order valence-electron chi connectivity index (χ1n) is 6.82. The molecule has 0 bridgehead atoms. The van der Waals surface area contributed by atoms with Crippen molar-refractivity contribution in [3.63, 3.8) is 0 Å². The fourth-order valence-corrected chi connectivity index (χ4v) is 3.14. The van der Waals surface area contributed by atoms with Crippen molar-refractivity contribution in [1.29, 1.82) is 0 Å². The Bertz CT molecular complexity index is 802. The number of carbonyl (C=O) groups excluding carboxylic acids is 2. The second-order valence-electron chi connectivity index (χ2n) is 4.99. The molecule has 1 N–H and O–H groups in total. The van der Waals surface area contributed by atoms with Crippen LogP contribution in [0.3, 0.4) is 0 Å². The maximum atomic E-state index is 12.4. The van der Waals surface area contributed by atoms with E-state index in [1.165, 1.54) is 11.0 Å². The molecule has 0 aliphatic carbocycles. The molecule has 2 aromatic rings. The van der Waals surface area contributed by atoms with Crippen molar-refractivity contribution in [3.8, 4) is 5.75 Å². The molecule has 0 unspecified atom stereocenters. The van der Waals surface area contributed by atoms with Crippen LogP contribution in [0, 0.1) is 0 Å². The number of hydrogen-bond acceptors (Lipinski definition) is 4. The van der Waals surface area contributed by atoms with Crippen molar-refractivity contribution in [2.45, 2.75) is 6.54 Å². The first-order chi connectivity index (χ1) is 11.0. The largest absolute Gasteiger partial charge is 0.508 e. The van der Waals surface area contributed by atoms with E-state index < -0.39 is 0 Å². The van der Waals surface area contributed by atoms with E-state index in [9.17, 15) is 14.7 Å². The van der Waals surface area contributed by atoms with Gasteiger partial charge < -0.3 is 5.11 Å². The van der Waals surface area contributed by atoms with Crippen molar-refractivity contribution < 1.29 is 14.7 Å². The SMILES string of the molecule is O=C1S/C(=C/c2cccc(O)c2)C(=O)N1Cc1ccc(Cl)cc1. The highest BCUT2D eigenvalue weighted by Gasteiger charge is 2.34. The summed E-state index contributed by atoms with van der Waals surface area (Å²) < 4.78 is 0. The Morgan fingerprint density at radius 1 is 1.13 bits per heavy atom. The Balaban J connectivity index is 1.81. The van der Waals surface area contributed by atoms with Crippen molar-refractivity contribution in [2.75, 3.05) is 0 Å². The maximum absolute atomic E-state index is 12.4. The van der Waals surface area contributed by atoms with Crippen LogP contribution in [0.5, 0.6) is 5.75 Å². The summed E-state index contributed by atoms with van der Waals surface area (Å²) in [6.07, 6.45) is 1.60. The molecule has 1 fully saturated rings. The van der Waals surface area contributed by atoms with Crippen LogP contribution < -0.4 is 0 Å². The van der Waals surface area contributed by atoms with E-state index in [2.05, 4.69) is 0 Å². The second kappa shape index (κ2) is 6.48. The van der Waals surface area contributed by atoms with Gasteiger partial charge in [0.25, 0.3) is 11.1 Å². The van der Waals surface area contributed by atoms with E-state index in [0.29, 0.717) is 15.5 Å². The van der Waals surface area contributed by atoms with E-state index in [1.54, 1.807) is 48.5 Å². The fraction of sp³-hybridized carbons (Fsp3) is 0.0588. The van der Waals surface area contributed by atoms with Gasteiger partial charge in [0.2, 0.25) is 0 Å². The molecule has 3 rings (SSSR count). The number of hydrogen-bond donors (Lipinski definition) is 1. The Kier molecular flexibility index (Phi) is 4.41. The number of carbonyl (C=O) groups is 2. The zero-order valence-electron chi connectivity index (χ0n) is 11.9. The first-order valence-corrected chi connectivity index (χ1v) is 8.01. The summed E-state index contributed by atoms with van der Waals surface area (Å²) in [4.78, 5) is 26.0. The number of nitrogens with zero attached hydrogens (tertiary/aromatic N) is 1. The Morgan fingerprint density at radius 3 is 2.57 bits per heavy atom. The smallest absolute Gasteiger partial charge is 0.293 e. The molecule has 1 aliphatic heterocycles. The number of aromatic hydroxyl groups is 1. The zero-order chi connectivity index (χ0) is 16.4. The number of phenolic OH excluding ortho intramolecular Hbond substituents is 1. The molecule has 0 radical (unpaired) electrons. The van der Waals surface area contributed by atoms with Gasteiger partial charge in [0.15, 0.2) is 0 Å². The summed E-state index contributed by atoms with van der Waals surface area (Å²) in [7, 11) is 0. The van der Waals surface area contributed by atoms with Crippen LogP contribution >= 0.6 is 23.4 Å². The number of halogens is 1. The van der Waals surface area contributed by atoms with Crippen LogP contribution in [0.1, 0.15) is 11.1 Å². The van der Waals surface area contributed by atoms with Gasteiger partial charge in [-0.3, -0.25) is 14.5 Å². The molecule has 1 saturated heterocycles. The van der Waals surface area contributed by atoms with Gasteiger partial charge >= 0.3 is 0 Å². The molecule has 116 valence electrons. The summed E-state index contributed by atoms with van der Waals surface area (Å²) >= 11 is 6.73. The number of thioether (sulfide) groups is 1. The third kappa shape index (κ3) is 3.57. The summed E-state index contributed by atoms with van der Waals surface area (Å²) in [6, 6.07) is 13.5. The lowest BCUT2D eigenvalue weighted by Gasteiger charge is -2.12. The van der Waals surface area contributed by atoms with Gasteiger partial charge in [-0.2, -0.15) is 0 Å². The second-order valence-corrected chi connectivity index (χ2v) is 6.42. The monoisotopic (exact) mass is 345 g/mol. The van der Waals surface area contributed by atoms with Gasteiger partial charge in [-0.25, -0.2) is 0 Å². The van der Waals surface area contributed by atoms with Crippen molar-refractivity contribution in [1.82, 2.24) is 4.90 Å². The molecule has 2 aromatic carbocycles. The number of rotatable bonds is 3. The number of imide groups is 1. The summed E-state index contributed by atoms with van der Waals surface area (Å²) in [5, 5.41) is 9.76. The molecule has 1 aliphatic rings. The predicted molar refractivity (Wildman–Crippen MR) is 91.1 cm³/mol. The molecular weight excluding hydrogens is 334 g/mol. The van der Waals surface area contributed by atoms with Gasteiger partial charge in [0.1, 0.15) is 5.75 Å². The molecule has 6 heteroatoms. The lowest BCUT2D eigenvalue weighted by molar-refractivity contribution is -0.123. The van der Waals surface area contributed by atoms with Gasteiger partial charge in [0.05, 0.1) is 11.4 Å². The standard InChI is InChI=1S/C17H12ClNO3S/c18-13-6-4-11(5-7-13)10-19-16(21)15(23-17(19)22)9-12-2-1-3-14(20)8-12/h1-9,20H,10H2/b15-9+. The van der Waals surface area contributed by atoms with Gasteiger partial charge in [-0.1, -0.05) is 35.9 Å². The van der Waals surface area contributed by atoms with E-state index in [4.69, 9.17) is 11.6 Å². The Hall–Kier alpha value is -2.24. The van der Waals surface area contributed by atoms with Crippen molar-refractivity contribution in [3.05, 3.63) is 69.6 Å². The van der Waals surface area contributed by atoms with E-state index in [-0.39, 0.29) is 23.4 Å². The molecule has 23 heavy (non-hydrogen) atoms. The number of benzene rings is 2. The summed E-state index contributed by atoms with van der Waals surface area (Å²) in [5.74, 6) is -0.225. The average Bonchev–Trinajstić information content (AvgIpc) is 2.77. The van der Waals surface area contributed by atoms with Crippen LogP contribution in [0.4, 0.5) is 4.79 Å². The third-order valence-electron chi connectivity index (χ3n) is 3.30. The molecule has 0 spiro atoms. The van der Waals surface area contributed by atoms with Crippen LogP contribution in [-0.2, 0) is 11.3 Å². The normalized spacial score (nSPS) is 16.4. The third-order valence-corrected chi connectivity index (χ3v) is 4.45.